The third kappa shape index (κ3) is 3.76. The fraction of sp³-hybridized carbons (Fsp3) is 0.381. The van der Waals surface area contributed by atoms with Gasteiger partial charge in [0.05, 0.1) is 5.92 Å². The summed E-state index contributed by atoms with van der Waals surface area (Å²) in [6.07, 6.45) is 0.828. The highest BCUT2D eigenvalue weighted by atomic mass is 19.1. The molecule has 0 aliphatic carbocycles. The van der Waals surface area contributed by atoms with Crippen molar-refractivity contribution in [3.63, 3.8) is 0 Å². The van der Waals surface area contributed by atoms with Crippen LogP contribution in [0.25, 0.3) is 0 Å². The minimum atomic E-state index is -0.727. The maximum absolute atomic E-state index is 13.9. The van der Waals surface area contributed by atoms with E-state index >= 15 is 0 Å². The Balaban J connectivity index is 1.36. The van der Waals surface area contributed by atoms with Crippen LogP contribution >= 0.6 is 0 Å². The van der Waals surface area contributed by atoms with E-state index in [4.69, 9.17) is 14.6 Å². The molecule has 1 N–H and O–H groups in total. The van der Waals surface area contributed by atoms with Crippen molar-refractivity contribution in [2.75, 3.05) is 19.7 Å². The van der Waals surface area contributed by atoms with Gasteiger partial charge in [0, 0.05) is 30.8 Å². The summed E-state index contributed by atoms with van der Waals surface area (Å²) < 4.78 is 25.5. The van der Waals surface area contributed by atoms with Gasteiger partial charge in [0.25, 0.3) is 0 Å². The number of carboxylic acids is 1. The molecule has 1 saturated heterocycles. The lowest BCUT2D eigenvalue weighted by Crippen LogP contribution is -2.57. The fourth-order valence-corrected chi connectivity index (χ4v) is 3.56. The van der Waals surface area contributed by atoms with Gasteiger partial charge < -0.3 is 14.6 Å². The minimum Gasteiger partial charge on any atom is -0.492 e. The molecular weight excluding hydrogens is 349 g/mol. The van der Waals surface area contributed by atoms with Gasteiger partial charge in [-0.1, -0.05) is 18.2 Å². The average molecular weight is 371 g/mol. The molecule has 0 spiro atoms. The van der Waals surface area contributed by atoms with Crippen LogP contribution in [-0.2, 0) is 17.8 Å². The van der Waals surface area contributed by atoms with Crippen LogP contribution in [0.5, 0.6) is 11.5 Å². The van der Waals surface area contributed by atoms with E-state index in [1.807, 2.05) is 31.2 Å². The van der Waals surface area contributed by atoms with Crippen molar-refractivity contribution in [3.8, 4) is 11.5 Å². The van der Waals surface area contributed by atoms with E-state index in [-0.39, 0.29) is 24.4 Å². The van der Waals surface area contributed by atoms with Gasteiger partial charge in [-0.2, -0.15) is 0 Å². The molecule has 2 aromatic rings. The minimum absolute atomic E-state index is 0.165. The molecular formula is C21H22FNO4. The Labute approximate surface area is 157 Å². The second-order valence-electron chi connectivity index (χ2n) is 7.31. The molecule has 0 radical (unpaired) electrons. The number of ether oxygens (including phenoxy) is 2. The molecule has 2 heterocycles. The molecule has 5 nitrogen and oxygen atoms in total. The number of aliphatic carboxylic acids is 1. The number of hydrogen-bond acceptors (Lipinski definition) is 4. The Hall–Kier alpha value is -2.60. The molecule has 2 aliphatic heterocycles. The van der Waals surface area contributed by atoms with Crippen LogP contribution in [0.15, 0.2) is 36.4 Å². The summed E-state index contributed by atoms with van der Waals surface area (Å²) in [6, 6.07) is 11.0. The predicted molar refractivity (Wildman–Crippen MR) is 97.6 cm³/mol. The number of aryl methyl sites for hydroxylation is 1. The summed E-state index contributed by atoms with van der Waals surface area (Å²) in [5, 5.41) is 9.01. The summed E-state index contributed by atoms with van der Waals surface area (Å²) in [7, 11) is 0. The first kappa shape index (κ1) is 17.8. The predicted octanol–water partition coefficient (Wildman–Crippen LogP) is 3.03. The van der Waals surface area contributed by atoms with E-state index in [2.05, 4.69) is 4.90 Å². The molecule has 1 atom stereocenters. The van der Waals surface area contributed by atoms with Crippen molar-refractivity contribution in [1.82, 2.24) is 4.90 Å². The topological polar surface area (TPSA) is 59.0 Å². The van der Waals surface area contributed by atoms with E-state index in [9.17, 15) is 9.18 Å². The Morgan fingerprint density at radius 3 is 2.85 bits per heavy atom. The number of benzene rings is 2. The van der Waals surface area contributed by atoms with Gasteiger partial charge in [0.1, 0.15) is 30.5 Å². The Morgan fingerprint density at radius 1 is 1.30 bits per heavy atom. The smallest absolute Gasteiger partial charge is 0.309 e. The second-order valence-corrected chi connectivity index (χ2v) is 7.31. The highest BCUT2D eigenvalue weighted by molar-refractivity contribution is 5.71. The lowest BCUT2D eigenvalue weighted by molar-refractivity contribution is -0.149. The van der Waals surface area contributed by atoms with Crippen LogP contribution in [0.3, 0.4) is 0 Å². The maximum atomic E-state index is 13.9. The van der Waals surface area contributed by atoms with E-state index in [0.29, 0.717) is 31.0 Å². The highest BCUT2D eigenvalue weighted by Gasteiger charge is 2.38. The number of carbonyl (C=O) groups is 1. The van der Waals surface area contributed by atoms with Crippen LogP contribution in [0.2, 0.25) is 0 Å². The number of carboxylic acid groups (broad SMARTS) is 1. The number of likely N-dealkylation sites (tertiary alicyclic amines) is 1. The SMILES string of the molecule is Cc1ccc(COc2ccc3c(c2)OCC(N2CC(C(=O)O)C2)C3)c(F)c1. The zero-order chi connectivity index (χ0) is 19.0. The van der Waals surface area contributed by atoms with Crippen LogP contribution in [0.1, 0.15) is 16.7 Å². The zero-order valence-corrected chi connectivity index (χ0v) is 15.2. The number of rotatable bonds is 5. The Kier molecular flexibility index (Phi) is 4.74. The molecule has 0 bridgehead atoms. The van der Waals surface area contributed by atoms with Crippen LogP contribution in [0.4, 0.5) is 4.39 Å². The van der Waals surface area contributed by atoms with Gasteiger partial charge >= 0.3 is 5.97 Å². The van der Waals surface area contributed by atoms with Crippen molar-refractivity contribution in [3.05, 3.63) is 58.9 Å². The lowest BCUT2D eigenvalue weighted by atomic mass is 9.93. The fourth-order valence-electron chi connectivity index (χ4n) is 3.56. The molecule has 0 aromatic heterocycles. The number of hydrogen-bond donors (Lipinski definition) is 1. The molecule has 2 aliphatic rings. The number of halogens is 1. The van der Waals surface area contributed by atoms with Gasteiger partial charge in [-0.3, -0.25) is 9.69 Å². The first-order chi connectivity index (χ1) is 13.0. The summed E-state index contributed by atoms with van der Waals surface area (Å²) in [5.41, 5.74) is 2.48. The normalized spacial score (nSPS) is 19.7. The summed E-state index contributed by atoms with van der Waals surface area (Å²) >= 11 is 0. The van der Waals surface area contributed by atoms with Gasteiger partial charge in [-0.05, 0) is 36.6 Å². The van der Waals surface area contributed by atoms with Crippen molar-refractivity contribution >= 4 is 5.97 Å². The number of nitrogens with zero attached hydrogens (tertiary/aromatic N) is 1. The molecule has 4 rings (SSSR count). The molecule has 27 heavy (non-hydrogen) atoms. The van der Waals surface area contributed by atoms with Crippen molar-refractivity contribution in [1.29, 1.82) is 0 Å². The molecule has 0 saturated carbocycles. The highest BCUT2D eigenvalue weighted by Crippen LogP contribution is 2.33. The Morgan fingerprint density at radius 2 is 2.11 bits per heavy atom. The monoisotopic (exact) mass is 371 g/mol. The third-order valence-electron chi connectivity index (χ3n) is 5.30. The molecule has 1 fully saturated rings. The van der Waals surface area contributed by atoms with E-state index in [1.165, 1.54) is 6.07 Å². The van der Waals surface area contributed by atoms with Gasteiger partial charge in [0.15, 0.2) is 0 Å². The molecule has 0 amide bonds. The quantitative estimate of drug-likeness (QED) is 0.876. The molecule has 6 heteroatoms. The standard InChI is InChI=1S/C21H22FNO4/c1-13-2-3-15(19(22)6-13)11-26-18-5-4-14-7-17(12-27-20(14)8-18)23-9-16(10-23)21(24)25/h2-6,8,16-17H,7,9-12H2,1H3,(H,24,25). The van der Waals surface area contributed by atoms with Gasteiger partial charge in [-0.15, -0.1) is 0 Å². The van der Waals surface area contributed by atoms with Gasteiger partial charge in [-0.25, -0.2) is 4.39 Å². The second kappa shape index (κ2) is 7.19. The summed E-state index contributed by atoms with van der Waals surface area (Å²) in [4.78, 5) is 13.1. The van der Waals surface area contributed by atoms with Crippen LogP contribution in [-0.4, -0.2) is 41.7 Å². The van der Waals surface area contributed by atoms with Crippen molar-refractivity contribution in [2.24, 2.45) is 5.92 Å². The number of fused-ring (bicyclic) bond motifs is 1. The van der Waals surface area contributed by atoms with Gasteiger partial charge in [0.2, 0.25) is 0 Å². The third-order valence-corrected chi connectivity index (χ3v) is 5.30. The first-order valence-corrected chi connectivity index (χ1v) is 9.10. The van der Waals surface area contributed by atoms with E-state index in [0.717, 1.165) is 23.3 Å². The van der Waals surface area contributed by atoms with Crippen molar-refractivity contribution < 1.29 is 23.8 Å². The van der Waals surface area contributed by atoms with Crippen LogP contribution < -0.4 is 9.47 Å². The largest absolute Gasteiger partial charge is 0.492 e. The first-order valence-electron chi connectivity index (χ1n) is 9.10. The lowest BCUT2D eigenvalue weighted by Gasteiger charge is -2.43. The Bertz CT molecular complexity index is 863. The summed E-state index contributed by atoms with van der Waals surface area (Å²) in [5.74, 6) is 0.172. The van der Waals surface area contributed by atoms with Crippen molar-refractivity contribution in [2.45, 2.75) is 26.0 Å². The molecule has 1 unspecified atom stereocenters. The average Bonchev–Trinajstić information content (AvgIpc) is 2.59. The zero-order valence-electron chi connectivity index (χ0n) is 15.2. The van der Waals surface area contributed by atoms with E-state index < -0.39 is 5.97 Å². The van der Waals surface area contributed by atoms with E-state index in [1.54, 1.807) is 6.07 Å². The molecule has 142 valence electrons. The maximum Gasteiger partial charge on any atom is 0.309 e. The molecule has 2 aromatic carbocycles. The summed E-state index contributed by atoms with van der Waals surface area (Å²) in [6.45, 7) is 3.72. The van der Waals surface area contributed by atoms with Crippen LogP contribution in [0, 0.1) is 18.7 Å².